The number of nitrogens with one attached hydrogen (secondary N) is 1. The number of anilines is 1. The van der Waals surface area contributed by atoms with Crippen molar-refractivity contribution in [3.8, 4) is 11.4 Å². The zero-order valence-electron chi connectivity index (χ0n) is 30.5. The van der Waals surface area contributed by atoms with Gasteiger partial charge < -0.3 is 14.7 Å². The van der Waals surface area contributed by atoms with Crippen LogP contribution in [0.2, 0.25) is 0 Å². The number of amides is 3. The van der Waals surface area contributed by atoms with Crippen LogP contribution < -0.4 is 10.2 Å². The van der Waals surface area contributed by atoms with Crippen LogP contribution in [0.15, 0.2) is 72.0 Å². The first kappa shape index (κ1) is 34.3. The van der Waals surface area contributed by atoms with Gasteiger partial charge in [-0.3, -0.25) is 24.6 Å². The minimum atomic E-state index is -0.608. The van der Waals surface area contributed by atoms with E-state index in [1.54, 1.807) is 17.0 Å². The number of hydrogen-bond donors (Lipinski definition) is 1. The van der Waals surface area contributed by atoms with Crippen molar-refractivity contribution in [2.75, 3.05) is 31.6 Å². The van der Waals surface area contributed by atoms with Crippen molar-refractivity contribution in [1.82, 2.24) is 34.7 Å². The van der Waals surface area contributed by atoms with Crippen molar-refractivity contribution in [2.45, 2.75) is 82.6 Å². The molecule has 0 aliphatic carbocycles. The molecule has 2 aromatic heterocycles. The lowest BCUT2D eigenvalue weighted by molar-refractivity contribution is -0.136. The maximum Gasteiger partial charge on any atom is 0.255 e. The van der Waals surface area contributed by atoms with Crippen LogP contribution in [0.25, 0.3) is 11.4 Å². The zero-order chi connectivity index (χ0) is 36.9. The predicted molar refractivity (Wildman–Crippen MR) is 201 cm³/mol. The van der Waals surface area contributed by atoms with Gasteiger partial charge in [-0.05, 0) is 86.2 Å². The number of aromatic nitrogens is 3. The number of nitrogens with zero attached hydrogens (tertiary/aromatic N) is 8. The van der Waals surface area contributed by atoms with Gasteiger partial charge in [0, 0.05) is 63.6 Å². The molecular formula is C41H44FN9O3. The molecule has 0 radical (unpaired) electrons. The summed E-state index contributed by atoms with van der Waals surface area (Å²) in [5.41, 5.74) is 5.41. The average Bonchev–Trinajstić information content (AvgIpc) is 3.92. The number of amidine groups is 1. The molecule has 1 unspecified atom stereocenters. The van der Waals surface area contributed by atoms with Gasteiger partial charge in [0.1, 0.15) is 35.0 Å². The van der Waals surface area contributed by atoms with E-state index >= 15 is 0 Å². The van der Waals surface area contributed by atoms with Gasteiger partial charge in [0.2, 0.25) is 11.8 Å². The minimum absolute atomic E-state index is 0.119. The van der Waals surface area contributed by atoms with E-state index in [9.17, 15) is 18.8 Å². The fraction of sp³-hybridized carbons (Fsp3) is 0.415. The van der Waals surface area contributed by atoms with Crippen LogP contribution in [0.1, 0.15) is 83.9 Å². The molecule has 0 spiro atoms. The Hall–Kier alpha value is -5.43. The van der Waals surface area contributed by atoms with Gasteiger partial charge in [0.05, 0.1) is 17.9 Å². The summed E-state index contributed by atoms with van der Waals surface area (Å²) in [4.78, 5) is 55.8. The predicted octanol–water partition coefficient (Wildman–Crippen LogP) is 4.89. The smallest absolute Gasteiger partial charge is 0.255 e. The van der Waals surface area contributed by atoms with Gasteiger partial charge >= 0.3 is 0 Å². The van der Waals surface area contributed by atoms with Crippen molar-refractivity contribution in [3.05, 3.63) is 101 Å². The standard InChI is InChI=1S/C41H44FN9O3/c1-47(24-26-10-11-31-28(21-26)25-50(41(31)54)34-12-15-39(52)45-40(34)53)30-16-19-48(20-17-30)37-9-3-7-32(44-37)35-23-43-36-13-14-38(46-51(35)36)49-18-4-8-33(49)27-5-2-6-29(42)22-27/h2-3,5-7,9-11,21-23,30,33-34H,4,8,12-20,24-25H2,1H3,(H,45,52,53)/t33-,34?/m1/s1. The van der Waals surface area contributed by atoms with Crippen LogP contribution in [-0.2, 0) is 29.1 Å². The summed E-state index contributed by atoms with van der Waals surface area (Å²) in [7, 11) is 2.16. The van der Waals surface area contributed by atoms with Gasteiger partial charge in [-0.25, -0.2) is 19.0 Å². The van der Waals surface area contributed by atoms with Gasteiger partial charge in [-0.2, -0.15) is 5.10 Å². The van der Waals surface area contributed by atoms with Crippen molar-refractivity contribution < 1.29 is 18.8 Å². The van der Waals surface area contributed by atoms with Crippen molar-refractivity contribution in [3.63, 3.8) is 0 Å². The zero-order valence-corrected chi connectivity index (χ0v) is 30.5. The highest BCUT2D eigenvalue weighted by molar-refractivity contribution is 6.05. The second-order valence-corrected chi connectivity index (χ2v) is 15.2. The lowest BCUT2D eigenvalue weighted by atomic mass is 10.0. The summed E-state index contributed by atoms with van der Waals surface area (Å²) in [6.45, 7) is 3.81. The first-order valence-electron chi connectivity index (χ1n) is 19.1. The van der Waals surface area contributed by atoms with Crippen molar-refractivity contribution in [2.24, 2.45) is 5.10 Å². The third-order valence-corrected chi connectivity index (χ3v) is 11.8. The number of pyridine rings is 1. The Bertz CT molecular complexity index is 2160. The Kier molecular flexibility index (Phi) is 8.96. The van der Waals surface area contributed by atoms with Crippen molar-refractivity contribution >= 4 is 29.4 Å². The highest BCUT2D eigenvalue weighted by Gasteiger charge is 2.39. The quantitative estimate of drug-likeness (QED) is 0.267. The third kappa shape index (κ3) is 6.44. The lowest BCUT2D eigenvalue weighted by Gasteiger charge is -2.37. The molecule has 3 amide bonds. The van der Waals surface area contributed by atoms with E-state index in [1.165, 1.54) is 6.07 Å². The molecule has 4 aromatic rings. The number of fused-ring (bicyclic) bond motifs is 2. The second kappa shape index (κ2) is 14.1. The number of hydrogen-bond acceptors (Lipinski definition) is 9. The lowest BCUT2D eigenvalue weighted by Crippen LogP contribution is -2.52. The van der Waals surface area contributed by atoms with Crippen LogP contribution in [0, 0.1) is 5.82 Å². The van der Waals surface area contributed by atoms with Crippen molar-refractivity contribution in [1.29, 1.82) is 0 Å². The summed E-state index contributed by atoms with van der Waals surface area (Å²) in [6, 6.07) is 19.0. The summed E-state index contributed by atoms with van der Waals surface area (Å²) >= 11 is 0. The molecule has 54 heavy (non-hydrogen) atoms. The summed E-state index contributed by atoms with van der Waals surface area (Å²) in [5, 5.41) is 7.49. The number of likely N-dealkylation sites (tertiary alicyclic amines) is 1. The van der Waals surface area contributed by atoms with E-state index in [4.69, 9.17) is 15.1 Å². The first-order chi connectivity index (χ1) is 26.3. The molecular weight excluding hydrogens is 686 g/mol. The molecule has 0 saturated carbocycles. The minimum Gasteiger partial charge on any atom is -0.356 e. The number of benzene rings is 2. The molecule has 13 heteroatoms. The molecule has 5 aliphatic heterocycles. The SMILES string of the molecule is CN(Cc1ccc2c(c1)CN(C1CCC(=O)NC1=O)C2=O)C1CCN(c2cccc(-c3cnc4n3N=C(N3CCC[C@@H]3c3cccc(F)c3)CC4)n2)CC1. The maximum atomic E-state index is 14.1. The van der Waals surface area contributed by atoms with Gasteiger partial charge in [-0.1, -0.05) is 30.3 Å². The topological polar surface area (TPSA) is 119 Å². The van der Waals surface area contributed by atoms with Gasteiger partial charge in [0.15, 0.2) is 0 Å². The van der Waals surface area contributed by atoms with E-state index in [-0.39, 0.29) is 36.0 Å². The number of imidazole rings is 1. The molecule has 1 N–H and O–H groups in total. The molecule has 0 bridgehead atoms. The molecule has 9 rings (SSSR count). The summed E-state index contributed by atoms with van der Waals surface area (Å²) < 4.78 is 16.1. The van der Waals surface area contributed by atoms with Crippen LogP contribution in [0.5, 0.6) is 0 Å². The maximum absolute atomic E-state index is 14.1. The number of aryl methyl sites for hydroxylation is 1. The van der Waals surface area contributed by atoms with E-state index in [0.717, 1.165) is 110 Å². The summed E-state index contributed by atoms with van der Waals surface area (Å²) in [5.74, 6) is 1.86. The largest absolute Gasteiger partial charge is 0.356 e. The van der Waals surface area contributed by atoms with Gasteiger partial charge in [-0.15, -0.1) is 0 Å². The van der Waals surface area contributed by atoms with Crippen LogP contribution in [0.3, 0.4) is 0 Å². The Balaban J connectivity index is 0.839. The van der Waals surface area contributed by atoms with Crippen LogP contribution in [-0.4, -0.2) is 91.7 Å². The molecule has 278 valence electrons. The number of imide groups is 1. The first-order valence-corrected chi connectivity index (χ1v) is 19.1. The third-order valence-electron chi connectivity index (χ3n) is 11.8. The number of piperidine rings is 2. The summed E-state index contributed by atoms with van der Waals surface area (Å²) in [6.07, 6.45) is 8.08. The normalized spacial score (nSPS) is 21.8. The average molecular weight is 730 g/mol. The van der Waals surface area contributed by atoms with Crippen LogP contribution in [0.4, 0.5) is 10.2 Å². The fourth-order valence-electron chi connectivity index (χ4n) is 8.99. The van der Waals surface area contributed by atoms with E-state index in [0.29, 0.717) is 24.6 Å². The molecule has 7 heterocycles. The monoisotopic (exact) mass is 729 g/mol. The molecule has 3 saturated heterocycles. The number of carbonyl (C=O) groups is 3. The molecule has 2 atom stereocenters. The Morgan fingerprint density at radius 2 is 1.74 bits per heavy atom. The fourth-order valence-corrected chi connectivity index (χ4v) is 8.99. The molecule has 12 nitrogen and oxygen atoms in total. The Morgan fingerprint density at radius 3 is 2.57 bits per heavy atom. The Labute approximate surface area is 313 Å². The molecule has 2 aromatic carbocycles. The van der Waals surface area contributed by atoms with E-state index in [2.05, 4.69) is 45.3 Å². The van der Waals surface area contributed by atoms with E-state index in [1.807, 2.05) is 35.1 Å². The number of halogens is 1. The van der Waals surface area contributed by atoms with E-state index < -0.39 is 6.04 Å². The molecule has 3 fully saturated rings. The second-order valence-electron chi connectivity index (χ2n) is 15.2. The molecule has 5 aliphatic rings. The number of rotatable bonds is 7. The Morgan fingerprint density at radius 1 is 0.889 bits per heavy atom. The number of carbonyl (C=O) groups excluding carboxylic acids is 3. The highest BCUT2D eigenvalue weighted by atomic mass is 19.1. The highest BCUT2D eigenvalue weighted by Crippen LogP contribution is 2.35. The van der Waals surface area contributed by atoms with Crippen LogP contribution >= 0.6 is 0 Å². The van der Waals surface area contributed by atoms with Gasteiger partial charge in [0.25, 0.3) is 5.91 Å².